The molecular weight excluding hydrogens is 254 g/mol. The average Bonchev–Trinajstić information content (AvgIpc) is 3.03. The molecule has 1 N–H and O–H groups in total. The number of pyridine rings is 1. The van der Waals surface area contributed by atoms with Gasteiger partial charge in [-0.15, -0.1) is 0 Å². The van der Waals surface area contributed by atoms with Crippen molar-refractivity contribution in [1.29, 1.82) is 0 Å². The van der Waals surface area contributed by atoms with Gasteiger partial charge in [0.2, 0.25) is 0 Å². The summed E-state index contributed by atoms with van der Waals surface area (Å²) in [6.45, 7) is 2.82. The normalized spacial score (nSPS) is 11.1. The number of carbonyl (C=O) groups is 1. The van der Waals surface area contributed by atoms with Crippen LogP contribution in [0.1, 0.15) is 17.4 Å². The lowest BCUT2D eigenvalue weighted by molar-refractivity contribution is 0.0691. The van der Waals surface area contributed by atoms with Crippen molar-refractivity contribution in [3.63, 3.8) is 0 Å². The Morgan fingerprint density at radius 3 is 2.75 bits per heavy atom. The van der Waals surface area contributed by atoms with Crippen LogP contribution < -0.4 is 0 Å². The summed E-state index contributed by atoms with van der Waals surface area (Å²) in [6, 6.07) is 7.48. The minimum absolute atomic E-state index is 0.0714. The minimum Gasteiger partial charge on any atom is -0.477 e. The maximum Gasteiger partial charge on any atom is 0.354 e. The van der Waals surface area contributed by atoms with E-state index >= 15 is 0 Å². The summed E-state index contributed by atoms with van der Waals surface area (Å²) in [5.41, 5.74) is 2.59. The molecule has 0 saturated heterocycles. The number of hydrogen-bond acceptors (Lipinski definition) is 2. The Kier molecular flexibility index (Phi) is 2.82. The Labute approximate surface area is 116 Å². The number of aromatic nitrogens is 3. The molecule has 102 valence electrons. The Bertz CT molecular complexity index is 799. The van der Waals surface area contributed by atoms with E-state index in [-0.39, 0.29) is 5.69 Å². The van der Waals surface area contributed by atoms with Gasteiger partial charge in [0, 0.05) is 31.4 Å². The molecule has 0 bridgehead atoms. The van der Waals surface area contributed by atoms with E-state index in [9.17, 15) is 9.90 Å². The van der Waals surface area contributed by atoms with Gasteiger partial charge in [-0.05, 0) is 31.2 Å². The van der Waals surface area contributed by atoms with Crippen LogP contribution in [0.15, 0.2) is 36.7 Å². The number of aryl methyl sites for hydroxylation is 2. The van der Waals surface area contributed by atoms with Gasteiger partial charge in [0.05, 0.1) is 16.9 Å². The molecule has 0 fully saturated rings. The van der Waals surface area contributed by atoms with Crippen molar-refractivity contribution in [3.8, 4) is 11.4 Å². The van der Waals surface area contributed by atoms with E-state index in [1.807, 2.05) is 53.7 Å². The highest BCUT2D eigenvalue weighted by atomic mass is 16.4. The van der Waals surface area contributed by atoms with Gasteiger partial charge in [0.15, 0.2) is 5.69 Å². The lowest BCUT2D eigenvalue weighted by Gasteiger charge is -2.08. The summed E-state index contributed by atoms with van der Waals surface area (Å²) in [6.07, 6.45) is 3.89. The molecule has 5 nitrogen and oxygen atoms in total. The number of carboxylic acids is 1. The molecule has 0 aromatic carbocycles. The minimum atomic E-state index is -1.01. The van der Waals surface area contributed by atoms with Crippen LogP contribution >= 0.6 is 0 Å². The quantitative estimate of drug-likeness (QED) is 0.795. The van der Waals surface area contributed by atoms with Crippen molar-refractivity contribution in [2.24, 2.45) is 7.05 Å². The first-order valence-electron chi connectivity index (χ1n) is 6.46. The molecule has 0 spiro atoms. The Hall–Kier alpha value is -2.56. The topological polar surface area (TPSA) is 60.0 Å². The zero-order valence-corrected chi connectivity index (χ0v) is 11.4. The second-order valence-corrected chi connectivity index (χ2v) is 4.70. The first kappa shape index (κ1) is 12.5. The van der Waals surface area contributed by atoms with Crippen LogP contribution in [0.5, 0.6) is 0 Å². The first-order valence-corrected chi connectivity index (χ1v) is 6.46. The zero-order chi connectivity index (χ0) is 14.3. The van der Waals surface area contributed by atoms with Gasteiger partial charge in [-0.1, -0.05) is 0 Å². The molecule has 0 saturated carbocycles. The molecular formula is C15H15N3O2. The average molecular weight is 269 g/mol. The third-order valence-corrected chi connectivity index (χ3v) is 3.51. The number of hydrogen-bond donors (Lipinski definition) is 1. The number of rotatable bonds is 3. The molecule has 3 heterocycles. The molecule has 0 aliphatic heterocycles. The van der Waals surface area contributed by atoms with Crippen LogP contribution in [0.25, 0.3) is 22.3 Å². The molecule has 20 heavy (non-hydrogen) atoms. The van der Waals surface area contributed by atoms with Crippen molar-refractivity contribution in [2.45, 2.75) is 13.5 Å². The van der Waals surface area contributed by atoms with Crippen molar-refractivity contribution in [3.05, 3.63) is 42.4 Å². The van der Waals surface area contributed by atoms with Gasteiger partial charge < -0.3 is 14.2 Å². The molecule has 3 aromatic rings. The van der Waals surface area contributed by atoms with E-state index < -0.39 is 5.97 Å². The molecule has 0 aliphatic rings. The number of fused-ring (bicyclic) bond motifs is 1. The highest BCUT2D eigenvalue weighted by molar-refractivity contribution is 5.98. The summed E-state index contributed by atoms with van der Waals surface area (Å²) in [5, 5.41) is 10.2. The molecule has 0 radical (unpaired) electrons. The summed E-state index contributed by atoms with van der Waals surface area (Å²) < 4.78 is 3.96. The van der Waals surface area contributed by atoms with Crippen LogP contribution in [0, 0.1) is 0 Å². The maximum absolute atomic E-state index is 11.3. The van der Waals surface area contributed by atoms with E-state index in [2.05, 4.69) is 4.98 Å². The van der Waals surface area contributed by atoms with Gasteiger partial charge in [-0.2, -0.15) is 0 Å². The molecule has 3 aromatic heterocycles. The number of aromatic carboxylic acids is 1. The standard InChI is InChI=1S/C15H15N3O2/c1-3-18-8-6-10-13(18)9-11(15(19)20)16-14(10)12-5-4-7-17(12)2/h4-9H,3H2,1-2H3,(H,19,20). The smallest absolute Gasteiger partial charge is 0.354 e. The highest BCUT2D eigenvalue weighted by Crippen LogP contribution is 2.28. The second-order valence-electron chi connectivity index (χ2n) is 4.70. The van der Waals surface area contributed by atoms with Crippen LogP contribution in [0.4, 0.5) is 0 Å². The first-order chi connectivity index (χ1) is 9.61. The van der Waals surface area contributed by atoms with Gasteiger partial charge in [0.25, 0.3) is 0 Å². The van der Waals surface area contributed by atoms with E-state index in [0.29, 0.717) is 5.69 Å². The SMILES string of the molecule is CCn1ccc2c(-c3cccn3C)nc(C(=O)O)cc21. The zero-order valence-electron chi connectivity index (χ0n) is 11.4. The predicted molar refractivity (Wildman–Crippen MR) is 76.8 cm³/mol. The maximum atomic E-state index is 11.3. The lowest BCUT2D eigenvalue weighted by Crippen LogP contribution is -2.04. The van der Waals surface area contributed by atoms with Crippen molar-refractivity contribution in [1.82, 2.24) is 14.1 Å². The molecule has 0 atom stereocenters. The van der Waals surface area contributed by atoms with Gasteiger partial charge >= 0.3 is 5.97 Å². The van der Waals surface area contributed by atoms with Gasteiger partial charge in [-0.25, -0.2) is 9.78 Å². The van der Waals surface area contributed by atoms with Crippen LogP contribution in [-0.2, 0) is 13.6 Å². The molecule has 0 aliphatic carbocycles. The van der Waals surface area contributed by atoms with Crippen molar-refractivity contribution in [2.75, 3.05) is 0 Å². The fraction of sp³-hybridized carbons (Fsp3) is 0.200. The molecule has 3 rings (SSSR count). The highest BCUT2D eigenvalue weighted by Gasteiger charge is 2.16. The van der Waals surface area contributed by atoms with E-state index in [0.717, 1.165) is 23.1 Å². The monoisotopic (exact) mass is 269 g/mol. The number of carboxylic acid groups (broad SMARTS) is 1. The Morgan fingerprint density at radius 1 is 1.35 bits per heavy atom. The summed E-state index contributed by atoms with van der Waals surface area (Å²) in [4.78, 5) is 15.6. The largest absolute Gasteiger partial charge is 0.477 e. The van der Waals surface area contributed by atoms with Gasteiger partial charge in [0.1, 0.15) is 0 Å². The molecule has 5 heteroatoms. The fourth-order valence-corrected chi connectivity index (χ4v) is 2.48. The van der Waals surface area contributed by atoms with Crippen LogP contribution in [-0.4, -0.2) is 25.2 Å². The van der Waals surface area contributed by atoms with Crippen LogP contribution in [0.3, 0.4) is 0 Å². The van der Waals surface area contributed by atoms with Gasteiger partial charge in [-0.3, -0.25) is 0 Å². The van der Waals surface area contributed by atoms with E-state index in [4.69, 9.17) is 0 Å². The third kappa shape index (κ3) is 1.79. The lowest BCUT2D eigenvalue weighted by atomic mass is 10.1. The van der Waals surface area contributed by atoms with E-state index in [1.165, 1.54) is 0 Å². The summed E-state index contributed by atoms with van der Waals surface area (Å²) in [7, 11) is 1.92. The predicted octanol–water partition coefficient (Wildman–Crippen LogP) is 2.76. The summed E-state index contributed by atoms with van der Waals surface area (Å²) in [5.74, 6) is -1.01. The third-order valence-electron chi connectivity index (χ3n) is 3.51. The fourth-order valence-electron chi connectivity index (χ4n) is 2.48. The Morgan fingerprint density at radius 2 is 2.15 bits per heavy atom. The molecule has 0 amide bonds. The molecule has 0 unspecified atom stereocenters. The van der Waals surface area contributed by atoms with Crippen LogP contribution in [0.2, 0.25) is 0 Å². The second kappa shape index (κ2) is 4.52. The van der Waals surface area contributed by atoms with Crippen molar-refractivity contribution < 1.29 is 9.90 Å². The van der Waals surface area contributed by atoms with E-state index in [1.54, 1.807) is 6.07 Å². The van der Waals surface area contributed by atoms with Crippen molar-refractivity contribution >= 4 is 16.9 Å². The number of nitrogens with zero attached hydrogens (tertiary/aromatic N) is 3. The Balaban J connectivity index is 2.38. The summed E-state index contributed by atoms with van der Waals surface area (Å²) >= 11 is 0.